The molecule has 70 valence electrons. The van der Waals surface area contributed by atoms with Gasteiger partial charge in [-0.25, -0.2) is 0 Å². The van der Waals surface area contributed by atoms with Crippen molar-refractivity contribution in [2.24, 2.45) is 5.41 Å². The zero-order chi connectivity index (χ0) is 9.33. The topological polar surface area (TPSA) is 49.7 Å². The van der Waals surface area contributed by atoms with Gasteiger partial charge in [-0.15, -0.1) is 0 Å². The molecule has 0 aromatic heterocycles. The molecule has 0 radical (unpaired) electrons. The molecule has 0 amide bonds. The maximum Gasteiger partial charge on any atom is 0.0662 e. The Kier molecular flexibility index (Phi) is 9.77. The fourth-order valence-corrected chi connectivity index (χ4v) is 0.433. The summed E-state index contributed by atoms with van der Waals surface area (Å²) in [5.41, 5.74) is 0.328. The molecule has 0 rings (SSSR count). The lowest BCUT2D eigenvalue weighted by Gasteiger charge is -2.15. The molecule has 0 aliphatic heterocycles. The molecular weight excluding hydrogens is 144 g/mol. The summed E-state index contributed by atoms with van der Waals surface area (Å²) in [6.07, 6.45) is 0. The van der Waals surface area contributed by atoms with E-state index in [1.165, 1.54) is 0 Å². The number of aliphatic hydroxyl groups excluding tert-OH is 2. The Hall–Kier alpha value is -0.120. The van der Waals surface area contributed by atoms with Crippen LogP contribution in [0.2, 0.25) is 0 Å². The lowest BCUT2D eigenvalue weighted by Crippen LogP contribution is -2.12. The van der Waals surface area contributed by atoms with Crippen molar-refractivity contribution in [3.8, 4) is 0 Å². The molecule has 11 heavy (non-hydrogen) atoms. The highest BCUT2D eigenvalue weighted by Gasteiger charge is 2.07. The van der Waals surface area contributed by atoms with Gasteiger partial charge < -0.3 is 14.9 Å². The first-order valence-corrected chi connectivity index (χ1v) is 3.68. The smallest absolute Gasteiger partial charge is 0.0662 e. The maximum atomic E-state index is 7.62. The van der Waals surface area contributed by atoms with Crippen LogP contribution in [0, 0.1) is 5.41 Å². The predicted octanol–water partition coefficient (Wildman–Crippen LogP) is 0.650. The first-order chi connectivity index (χ1) is 4.97. The van der Waals surface area contributed by atoms with Crippen LogP contribution in [0.15, 0.2) is 0 Å². The summed E-state index contributed by atoms with van der Waals surface area (Å²) in [6.45, 7) is 7.04. The molecule has 0 atom stereocenters. The van der Waals surface area contributed by atoms with Gasteiger partial charge >= 0.3 is 0 Å². The molecule has 0 saturated heterocycles. The minimum atomic E-state index is -0.125. The fraction of sp³-hybridized carbons (Fsp3) is 1.00. The van der Waals surface area contributed by atoms with E-state index in [-0.39, 0.29) is 13.2 Å². The summed E-state index contributed by atoms with van der Waals surface area (Å²) < 4.78 is 4.91. The SMILES string of the molecule is COCC(C)(C)C.OCCO. The third kappa shape index (κ3) is 25.8. The van der Waals surface area contributed by atoms with E-state index in [9.17, 15) is 0 Å². The van der Waals surface area contributed by atoms with Crippen LogP contribution < -0.4 is 0 Å². The fourth-order valence-electron chi connectivity index (χ4n) is 0.433. The summed E-state index contributed by atoms with van der Waals surface area (Å²) >= 11 is 0. The van der Waals surface area contributed by atoms with E-state index >= 15 is 0 Å². The van der Waals surface area contributed by atoms with Crippen molar-refractivity contribution in [1.29, 1.82) is 0 Å². The van der Waals surface area contributed by atoms with Crippen LogP contribution in [-0.2, 0) is 4.74 Å². The standard InChI is InChI=1S/C6H14O.C2H6O2/c1-6(2,3)5-7-4;3-1-2-4/h5H2,1-4H3;3-4H,1-2H2. The van der Waals surface area contributed by atoms with Gasteiger partial charge in [-0.05, 0) is 5.41 Å². The lowest BCUT2D eigenvalue weighted by molar-refractivity contribution is 0.116. The van der Waals surface area contributed by atoms with Crippen molar-refractivity contribution in [2.75, 3.05) is 26.9 Å². The van der Waals surface area contributed by atoms with Crippen LogP contribution >= 0.6 is 0 Å². The number of aliphatic hydroxyl groups is 2. The number of rotatable bonds is 2. The van der Waals surface area contributed by atoms with Gasteiger partial charge in [0, 0.05) is 7.11 Å². The normalized spacial score (nSPS) is 10.4. The first-order valence-electron chi connectivity index (χ1n) is 3.68. The Morgan fingerprint density at radius 3 is 1.45 bits per heavy atom. The Bertz CT molecular complexity index is 64.2. The molecule has 0 fully saturated rings. The molecular formula is C8H20O3. The van der Waals surface area contributed by atoms with Gasteiger partial charge in [-0.3, -0.25) is 0 Å². The monoisotopic (exact) mass is 164 g/mol. The second kappa shape index (κ2) is 7.98. The van der Waals surface area contributed by atoms with E-state index in [0.717, 1.165) is 6.61 Å². The molecule has 0 aromatic carbocycles. The highest BCUT2D eigenvalue weighted by molar-refractivity contribution is 4.57. The molecule has 0 aromatic rings. The van der Waals surface area contributed by atoms with E-state index in [0.29, 0.717) is 5.41 Å². The Labute approximate surface area is 69.0 Å². The molecule has 0 saturated carbocycles. The van der Waals surface area contributed by atoms with Crippen LogP contribution in [0.1, 0.15) is 20.8 Å². The second-order valence-electron chi connectivity index (χ2n) is 3.44. The zero-order valence-electron chi connectivity index (χ0n) is 7.92. The molecule has 0 bridgehead atoms. The van der Waals surface area contributed by atoms with E-state index < -0.39 is 0 Å². The average molecular weight is 164 g/mol. The van der Waals surface area contributed by atoms with E-state index in [2.05, 4.69) is 20.8 Å². The van der Waals surface area contributed by atoms with Crippen molar-refractivity contribution in [3.05, 3.63) is 0 Å². The third-order valence-corrected chi connectivity index (χ3v) is 0.677. The minimum Gasteiger partial charge on any atom is -0.394 e. The minimum absolute atomic E-state index is 0.125. The first kappa shape index (κ1) is 13.5. The Morgan fingerprint density at radius 1 is 1.09 bits per heavy atom. The predicted molar refractivity (Wildman–Crippen MR) is 45.5 cm³/mol. The van der Waals surface area contributed by atoms with Crippen molar-refractivity contribution >= 4 is 0 Å². The van der Waals surface area contributed by atoms with Gasteiger partial charge in [-0.2, -0.15) is 0 Å². The average Bonchev–Trinajstić information content (AvgIpc) is 1.86. The number of hydrogen-bond acceptors (Lipinski definition) is 3. The van der Waals surface area contributed by atoms with Gasteiger partial charge in [0.05, 0.1) is 19.8 Å². The van der Waals surface area contributed by atoms with Gasteiger partial charge in [0.25, 0.3) is 0 Å². The number of hydrogen-bond donors (Lipinski definition) is 2. The van der Waals surface area contributed by atoms with Crippen LogP contribution in [0.3, 0.4) is 0 Å². The molecule has 0 unspecified atom stereocenters. The van der Waals surface area contributed by atoms with Crippen LogP contribution in [0.5, 0.6) is 0 Å². The highest BCUT2D eigenvalue weighted by atomic mass is 16.5. The molecule has 0 spiro atoms. The van der Waals surface area contributed by atoms with Crippen molar-refractivity contribution in [2.45, 2.75) is 20.8 Å². The van der Waals surface area contributed by atoms with E-state index in [1.807, 2.05) is 0 Å². The maximum absolute atomic E-state index is 7.62. The van der Waals surface area contributed by atoms with Gasteiger partial charge in [0.1, 0.15) is 0 Å². The van der Waals surface area contributed by atoms with Crippen molar-refractivity contribution in [1.82, 2.24) is 0 Å². The second-order valence-corrected chi connectivity index (χ2v) is 3.44. The quantitative estimate of drug-likeness (QED) is 0.630. The molecule has 0 heterocycles. The highest BCUT2D eigenvalue weighted by Crippen LogP contribution is 2.11. The van der Waals surface area contributed by atoms with Crippen LogP contribution in [-0.4, -0.2) is 37.1 Å². The molecule has 3 nitrogen and oxygen atoms in total. The van der Waals surface area contributed by atoms with Gasteiger partial charge in [0.2, 0.25) is 0 Å². The zero-order valence-corrected chi connectivity index (χ0v) is 7.92. The summed E-state index contributed by atoms with van der Waals surface area (Å²) in [6, 6.07) is 0. The molecule has 0 aliphatic rings. The van der Waals surface area contributed by atoms with Crippen molar-refractivity contribution < 1.29 is 14.9 Å². The van der Waals surface area contributed by atoms with Gasteiger partial charge in [-0.1, -0.05) is 20.8 Å². The summed E-state index contributed by atoms with van der Waals surface area (Å²) in [7, 11) is 1.73. The molecule has 0 aliphatic carbocycles. The Morgan fingerprint density at radius 2 is 1.45 bits per heavy atom. The van der Waals surface area contributed by atoms with E-state index in [1.54, 1.807) is 7.11 Å². The van der Waals surface area contributed by atoms with Gasteiger partial charge in [0.15, 0.2) is 0 Å². The van der Waals surface area contributed by atoms with Crippen LogP contribution in [0.25, 0.3) is 0 Å². The van der Waals surface area contributed by atoms with Crippen molar-refractivity contribution in [3.63, 3.8) is 0 Å². The van der Waals surface area contributed by atoms with E-state index in [4.69, 9.17) is 14.9 Å². The summed E-state index contributed by atoms with van der Waals surface area (Å²) in [5.74, 6) is 0. The summed E-state index contributed by atoms with van der Waals surface area (Å²) in [4.78, 5) is 0. The largest absolute Gasteiger partial charge is 0.394 e. The number of ether oxygens (including phenoxy) is 1. The molecule has 3 heteroatoms. The summed E-state index contributed by atoms with van der Waals surface area (Å²) in [5, 5.41) is 15.2. The Balaban J connectivity index is 0. The molecule has 2 N–H and O–H groups in total. The lowest BCUT2D eigenvalue weighted by atomic mass is 9.99. The van der Waals surface area contributed by atoms with Crippen LogP contribution in [0.4, 0.5) is 0 Å². The number of methoxy groups -OCH3 is 1. The third-order valence-electron chi connectivity index (χ3n) is 0.677.